The summed E-state index contributed by atoms with van der Waals surface area (Å²) in [5.41, 5.74) is 0. The van der Waals surface area contributed by atoms with Crippen molar-refractivity contribution in [2.24, 2.45) is 0 Å². The molecule has 1 saturated carbocycles. The largest absolute Gasteiger partial charge is 0.268 e. The Morgan fingerprint density at radius 2 is 1.12 bits per heavy atom. The molecule has 0 N–H and O–H groups in total. The molecule has 0 aromatic carbocycles. The van der Waals surface area contributed by atoms with Crippen molar-refractivity contribution in [2.75, 3.05) is 0 Å². The Hall–Kier alpha value is 0.910. The average molecular weight is 266 g/mol. The lowest BCUT2D eigenvalue weighted by atomic mass is 11.0. The van der Waals surface area contributed by atoms with Crippen LogP contribution in [-0.4, -0.2) is 8.42 Å². The zero-order valence-electron chi connectivity index (χ0n) is 4.10. The lowest BCUT2D eigenvalue weighted by Crippen LogP contribution is -1.60. The van der Waals surface area contributed by atoms with E-state index in [1.54, 1.807) is 0 Å². The van der Waals surface area contributed by atoms with Crippen molar-refractivity contribution >= 4 is 36.3 Å². The van der Waals surface area contributed by atoms with Gasteiger partial charge >= 0.3 is 0 Å². The van der Waals surface area contributed by atoms with Crippen molar-refractivity contribution < 1.29 is 8.42 Å². The van der Waals surface area contributed by atoms with Gasteiger partial charge in [-0.15, -0.1) is 0 Å². The average Bonchev–Trinajstić information content (AvgIpc) is 1.95. The smallest absolute Gasteiger partial charge is 0.205 e. The molecule has 2 nitrogen and oxygen atoms in total. The van der Waals surface area contributed by atoms with Crippen LogP contribution in [0.4, 0.5) is 0 Å². The maximum absolute atomic E-state index is 9.47. The van der Waals surface area contributed by atoms with Crippen molar-refractivity contribution in [3.05, 3.63) is 0 Å². The fraction of sp³-hybridized carbons (Fsp3) is 1.00. The van der Waals surface area contributed by atoms with E-state index in [0.717, 1.165) is 0 Å². The summed E-state index contributed by atoms with van der Waals surface area (Å²) in [4.78, 5) is 0. The first kappa shape index (κ1) is 8.91. The maximum Gasteiger partial charge on any atom is 0.268 e. The molecule has 1 fully saturated rings. The predicted octanol–water partition coefficient (Wildman–Crippen LogP) is 2.19. The number of halogens is 2. The van der Waals surface area contributed by atoms with Crippen molar-refractivity contribution in [3.8, 4) is 0 Å². The molecule has 0 aromatic rings. The topological polar surface area (TPSA) is 34.1 Å². The van der Waals surface area contributed by atoms with Crippen molar-refractivity contribution in [2.45, 2.75) is 19.3 Å². The third-order valence-electron chi connectivity index (χ3n) is 0.354. The van der Waals surface area contributed by atoms with Crippen LogP contribution in [-0.2, 0) is 6.70 Å². The molecule has 0 aliphatic heterocycles. The van der Waals surface area contributed by atoms with Gasteiger partial charge in [-0.25, -0.2) is 8.42 Å². The van der Waals surface area contributed by atoms with E-state index >= 15 is 0 Å². The zero-order valence-corrected chi connectivity index (χ0v) is 8.09. The number of hydrogen-bond donors (Lipinski definition) is 0. The van der Waals surface area contributed by atoms with Crippen molar-refractivity contribution in [1.29, 1.82) is 0 Å². The highest BCUT2D eigenvalue weighted by Gasteiger charge is 1.95. The summed E-state index contributed by atoms with van der Waals surface area (Å²) in [5.74, 6) is 0. The second kappa shape index (κ2) is 3.85. The molecule has 1 aliphatic carbocycles. The Labute approximate surface area is 64.0 Å². The molecule has 0 radical (unpaired) electrons. The van der Waals surface area contributed by atoms with Crippen LogP contribution in [0.2, 0.25) is 0 Å². The molecule has 50 valence electrons. The Bertz CT molecular complexity index is 127. The minimum atomic E-state index is -3.04. The van der Waals surface area contributed by atoms with E-state index in [1.165, 1.54) is 19.3 Å². The second-order valence-electron chi connectivity index (χ2n) is 1.44. The molecular formula is C3H6Br2O2S. The van der Waals surface area contributed by atoms with Gasteiger partial charge in [0.1, 0.15) is 0 Å². The summed E-state index contributed by atoms with van der Waals surface area (Å²) < 4.78 is 18.9. The quantitative estimate of drug-likeness (QED) is 0.630. The van der Waals surface area contributed by atoms with Crippen LogP contribution in [0.5, 0.6) is 0 Å². The lowest BCUT2D eigenvalue weighted by Gasteiger charge is -1.62. The first-order valence-electron chi connectivity index (χ1n) is 2.14. The Morgan fingerprint density at radius 3 is 1.12 bits per heavy atom. The first-order valence-corrected chi connectivity index (χ1v) is 7.31. The van der Waals surface area contributed by atoms with Gasteiger partial charge < -0.3 is 0 Å². The minimum Gasteiger partial charge on any atom is -0.205 e. The molecule has 8 heavy (non-hydrogen) atoms. The van der Waals surface area contributed by atoms with Gasteiger partial charge in [-0.2, -0.15) is 0 Å². The summed E-state index contributed by atoms with van der Waals surface area (Å²) in [6, 6.07) is 0. The van der Waals surface area contributed by atoms with Crippen molar-refractivity contribution in [3.63, 3.8) is 0 Å². The Kier molecular flexibility index (Phi) is 4.28. The summed E-state index contributed by atoms with van der Waals surface area (Å²) in [7, 11) is 0. The van der Waals surface area contributed by atoms with Crippen LogP contribution in [0.1, 0.15) is 19.3 Å². The van der Waals surface area contributed by atoms with Crippen LogP contribution >= 0.6 is 29.6 Å². The predicted molar refractivity (Wildman–Crippen MR) is 40.6 cm³/mol. The molecule has 0 bridgehead atoms. The Balaban J connectivity index is 0.000000135. The zero-order chi connectivity index (χ0) is 6.62. The second-order valence-corrected chi connectivity index (χ2v) is 9.92. The minimum absolute atomic E-state index is 1.50. The van der Waals surface area contributed by atoms with Crippen LogP contribution in [0.15, 0.2) is 0 Å². The van der Waals surface area contributed by atoms with E-state index in [2.05, 4.69) is 29.6 Å². The highest BCUT2D eigenvalue weighted by molar-refractivity contribution is 9.79. The summed E-state index contributed by atoms with van der Waals surface area (Å²) in [6.07, 6.45) is 4.50. The summed E-state index contributed by atoms with van der Waals surface area (Å²) in [6.45, 7) is -3.04. The maximum atomic E-state index is 9.47. The number of hydrogen-bond acceptors (Lipinski definition) is 2. The highest BCUT2D eigenvalue weighted by atomic mass is 79.9. The molecule has 0 aromatic heterocycles. The monoisotopic (exact) mass is 264 g/mol. The normalized spacial score (nSPS) is 16.2. The van der Waals surface area contributed by atoms with Gasteiger partial charge in [0.25, 0.3) is 6.70 Å². The molecule has 5 heteroatoms. The van der Waals surface area contributed by atoms with Crippen LogP contribution in [0, 0.1) is 0 Å². The summed E-state index contributed by atoms with van der Waals surface area (Å²) in [5, 5.41) is 0. The third-order valence-corrected chi connectivity index (χ3v) is 0.354. The van der Waals surface area contributed by atoms with E-state index < -0.39 is 6.70 Å². The highest BCUT2D eigenvalue weighted by Crippen LogP contribution is 2.14. The third kappa shape index (κ3) is 66.2. The summed E-state index contributed by atoms with van der Waals surface area (Å²) >= 11 is 4.53. The molecular weight excluding hydrogens is 260 g/mol. The molecule has 0 saturated heterocycles. The van der Waals surface area contributed by atoms with Crippen LogP contribution < -0.4 is 0 Å². The van der Waals surface area contributed by atoms with Gasteiger partial charge in [0.15, 0.2) is 0 Å². The number of rotatable bonds is 0. The molecule has 0 unspecified atom stereocenters. The van der Waals surface area contributed by atoms with E-state index in [1.807, 2.05) is 0 Å². The van der Waals surface area contributed by atoms with Gasteiger partial charge in [0, 0.05) is 0 Å². The van der Waals surface area contributed by atoms with Crippen LogP contribution in [0.25, 0.3) is 0 Å². The van der Waals surface area contributed by atoms with Gasteiger partial charge in [0.05, 0.1) is 29.6 Å². The molecule has 1 aliphatic rings. The molecule has 0 atom stereocenters. The fourth-order valence-electron chi connectivity index (χ4n) is 0. The lowest BCUT2D eigenvalue weighted by molar-refractivity contribution is 0.625. The molecule has 0 amide bonds. The standard InChI is InChI=1S/C3H6.Br2O2S/c1-2-3-1;1-5(2,3)4/h1-3H2;. The van der Waals surface area contributed by atoms with Gasteiger partial charge in [-0.1, -0.05) is 19.3 Å². The molecule has 0 heterocycles. The fourth-order valence-corrected chi connectivity index (χ4v) is 0. The van der Waals surface area contributed by atoms with E-state index in [-0.39, 0.29) is 0 Å². The molecule has 0 spiro atoms. The van der Waals surface area contributed by atoms with Crippen molar-refractivity contribution in [1.82, 2.24) is 0 Å². The molecule has 1 rings (SSSR count). The van der Waals surface area contributed by atoms with Gasteiger partial charge in [0.2, 0.25) is 0 Å². The van der Waals surface area contributed by atoms with Gasteiger partial charge in [-0.3, -0.25) is 0 Å². The van der Waals surface area contributed by atoms with E-state index in [4.69, 9.17) is 0 Å². The SMILES string of the molecule is C1CC1.O=S(=O)(Br)Br. The first-order chi connectivity index (χ1) is 3.50. The van der Waals surface area contributed by atoms with Gasteiger partial charge in [-0.05, 0) is 0 Å². The van der Waals surface area contributed by atoms with Crippen LogP contribution in [0.3, 0.4) is 0 Å². The van der Waals surface area contributed by atoms with E-state index in [9.17, 15) is 8.42 Å². The Morgan fingerprint density at radius 1 is 1.00 bits per heavy atom. The van der Waals surface area contributed by atoms with E-state index in [0.29, 0.717) is 0 Å².